The number of ether oxygens (including phenoxy) is 2. The second-order valence-corrected chi connectivity index (χ2v) is 5.07. The van der Waals surface area contributed by atoms with Crippen LogP contribution in [0.1, 0.15) is 12.5 Å². The van der Waals surface area contributed by atoms with Crippen molar-refractivity contribution in [2.24, 2.45) is 0 Å². The molecule has 0 aliphatic carbocycles. The summed E-state index contributed by atoms with van der Waals surface area (Å²) in [5, 5.41) is 2.11. The maximum absolute atomic E-state index is 13.9. The monoisotopic (exact) mass is 356 g/mol. The van der Waals surface area contributed by atoms with E-state index < -0.39 is 29.9 Å². The molecule has 1 radical (unpaired) electrons. The average molecular weight is 356 g/mol. The molecule has 0 saturated heterocycles. The molecule has 2 aromatic rings. The normalized spacial score (nSPS) is 12.4. The first-order chi connectivity index (χ1) is 11.7. The third-order valence-electron chi connectivity index (χ3n) is 3.11. The van der Waals surface area contributed by atoms with Crippen molar-refractivity contribution in [1.29, 1.82) is 0 Å². The number of alkyl halides is 3. The van der Waals surface area contributed by atoms with E-state index in [0.29, 0.717) is 0 Å². The molecule has 0 aliphatic heterocycles. The highest BCUT2D eigenvalue weighted by molar-refractivity contribution is 5.86. The Labute approximate surface area is 141 Å². The highest BCUT2D eigenvalue weighted by Crippen LogP contribution is 2.30. The minimum atomic E-state index is -4.60. The summed E-state index contributed by atoms with van der Waals surface area (Å²) >= 11 is 0. The lowest BCUT2D eigenvalue weighted by atomic mass is 10.2. The molecule has 2 rings (SSSR count). The molecule has 0 heterocycles. The van der Waals surface area contributed by atoms with Crippen LogP contribution in [0.25, 0.3) is 0 Å². The zero-order valence-electron chi connectivity index (χ0n) is 13.1. The number of carbonyl (C=O) groups excluding carboxylic acids is 1. The highest BCUT2D eigenvalue weighted by Gasteiger charge is 2.38. The van der Waals surface area contributed by atoms with E-state index >= 15 is 0 Å². The van der Waals surface area contributed by atoms with Crippen LogP contribution in [-0.4, -0.2) is 18.4 Å². The maximum Gasteiger partial charge on any atom is 0.425 e. The number of para-hydroxylation sites is 1. The van der Waals surface area contributed by atoms with Gasteiger partial charge in [0.05, 0.1) is 5.69 Å². The Hall–Kier alpha value is -2.77. The number of halogens is 4. The first-order valence-corrected chi connectivity index (χ1v) is 7.09. The fraction of sp³-hybridized carbons (Fsp3) is 0.176. The zero-order chi connectivity index (χ0) is 18.6. The number of amides is 1. The van der Waals surface area contributed by atoms with Crippen molar-refractivity contribution in [1.82, 2.24) is 0 Å². The van der Waals surface area contributed by atoms with Crippen LogP contribution in [0.4, 0.5) is 28.0 Å². The lowest BCUT2D eigenvalue weighted by molar-refractivity contribution is -0.189. The molecule has 0 spiro atoms. The molecule has 133 valence electrons. The molecule has 1 atom stereocenters. The second-order valence-electron chi connectivity index (χ2n) is 5.07. The third kappa shape index (κ3) is 5.10. The largest absolute Gasteiger partial charge is 0.481 e. The summed E-state index contributed by atoms with van der Waals surface area (Å²) in [6, 6.07) is 9.77. The van der Waals surface area contributed by atoms with Crippen LogP contribution in [0, 0.1) is 12.7 Å². The molecule has 8 heteroatoms. The smallest absolute Gasteiger partial charge is 0.425 e. The number of nitrogens with one attached hydrogen (secondary N) is 1. The molecular weight excluding hydrogens is 342 g/mol. The van der Waals surface area contributed by atoms with Gasteiger partial charge in [-0.1, -0.05) is 18.2 Å². The second kappa shape index (κ2) is 7.42. The van der Waals surface area contributed by atoms with Crippen molar-refractivity contribution >= 4 is 11.8 Å². The van der Waals surface area contributed by atoms with Gasteiger partial charge in [0, 0.05) is 6.07 Å². The van der Waals surface area contributed by atoms with Gasteiger partial charge >= 0.3 is 12.3 Å². The number of carbonyl (C=O) groups is 1. The van der Waals surface area contributed by atoms with E-state index in [4.69, 9.17) is 9.47 Å². The van der Waals surface area contributed by atoms with Crippen molar-refractivity contribution in [3.05, 3.63) is 60.8 Å². The fourth-order valence-electron chi connectivity index (χ4n) is 1.79. The van der Waals surface area contributed by atoms with Gasteiger partial charge in [-0.25, -0.2) is 9.18 Å². The number of benzene rings is 2. The summed E-state index contributed by atoms with van der Waals surface area (Å²) in [7, 11) is 0. The van der Waals surface area contributed by atoms with E-state index in [1.165, 1.54) is 12.1 Å². The Morgan fingerprint density at radius 1 is 1.20 bits per heavy atom. The zero-order valence-corrected chi connectivity index (χ0v) is 13.1. The lowest BCUT2D eigenvalue weighted by Gasteiger charge is -2.19. The van der Waals surface area contributed by atoms with Crippen LogP contribution in [0.15, 0.2) is 42.5 Å². The Morgan fingerprint density at radius 2 is 1.84 bits per heavy atom. The van der Waals surface area contributed by atoms with Crippen LogP contribution < -0.4 is 14.8 Å². The molecule has 1 N–H and O–H groups in total. The number of rotatable bonds is 4. The molecule has 0 aromatic heterocycles. The number of hydrogen-bond donors (Lipinski definition) is 1. The molecule has 0 bridgehead atoms. The summed E-state index contributed by atoms with van der Waals surface area (Å²) in [5.41, 5.74) is -0.478. The van der Waals surface area contributed by atoms with Crippen LogP contribution >= 0.6 is 0 Å². The summed E-state index contributed by atoms with van der Waals surface area (Å²) in [6.45, 7) is 4.23. The number of hydrogen-bond acceptors (Lipinski definition) is 3. The molecule has 25 heavy (non-hydrogen) atoms. The Morgan fingerprint density at radius 3 is 2.44 bits per heavy atom. The fourth-order valence-corrected chi connectivity index (χ4v) is 1.79. The summed E-state index contributed by atoms with van der Waals surface area (Å²) in [4.78, 5) is 11.8. The lowest BCUT2D eigenvalue weighted by Crippen LogP contribution is -2.31. The standard InChI is InChI=1S/C17H14F4NO3/c1-10-8-13(18)14(9-15(10)24-11(2)17(19,20)21)22-16(23)25-12-6-4-3-5-7-12/h3-9,11H,1H2,2H3,(H,22,23). The van der Waals surface area contributed by atoms with E-state index in [9.17, 15) is 22.4 Å². The molecule has 0 aliphatic rings. The first kappa shape index (κ1) is 18.6. The molecular formula is C17H14F4NO3. The third-order valence-corrected chi connectivity index (χ3v) is 3.11. The maximum atomic E-state index is 13.9. The van der Waals surface area contributed by atoms with E-state index in [1.54, 1.807) is 18.2 Å². The van der Waals surface area contributed by atoms with Crippen molar-refractivity contribution in [2.75, 3.05) is 5.32 Å². The molecule has 1 amide bonds. The van der Waals surface area contributed by atoms with Crippen molar-refractivity contribution in [3.8, 4) is 11.5 Å². The predicted octanol–water partition coefficient (Wildman–Crippen LogP) is 4.95. The van der Waals surface area contributed by atoms with Gasteiger partial charge < -0.3 is 9.47 Å². The van der Waals surface area contributed by atoms with Crippen LogP contribution in [0.2, 0.25) is 0 Å². The van der Waals surface area contributed by atoms with Crippen LogP contribution in [0.3, 0.4) is 0 Å². The Bertz CT molecular complexity index is 748. The van der Waals surface area contributed by atoms with E-state index in [-0.39, 0.29) is 17.1 Å². The van der Waals surface area contributed by atoms with Gasteiger partial charge in [-0.15, -0.1) is 0 Å². The summed E-state index contributed by atoms with van der Waals surface area (Å²) in [5.74, 6) is -0.973. The van der Waals surface area contributed by atoms with Crippen molar-refractivity contribution in [3.63, 3.8) is 0 Å². The van der Waals surface area contributed by atoms with Crippen molar-refractivity contribution < 1.29 is 31.8 Å². The minimum Gasteiger partial charge on any atom is -0.481 e. The quantitative estimate of drug-likeness (QED) is 0.789. The molecule has 0 fully saturated rings. The van der Waals surface area contributed by atoms with E-state index in [0.717, 1.165) is 19.1 Å². The van der Waals surface area contributed by atoms with Gasteiger partial charge in [0.1, 0.15) is 17.3 Å². The molecule has 0 saturated carbocycles. The van der Waals surface area contributed by atoms with Gasteiger partial charge in [-0.2, -0.15) is 13.2 Å². The van der Waals surface area contributed by atoms with Gasteiger partial charge in [0.25, 0.3) is 0 Å². The predicted molar refractivity (Wildman–Crippen MR) is 83.1 cm³/mol. The van der Waals surface area contributed by atoms with Crippen molar-refractivity contribution in [2.45, 2.75) is 19.2 Å². The first-order valence-electron chi connectivity index (χ1n) is 7.09. The Balaban J connectivity index is 2.15. The van der Waals surface area contributed by atoms with Crippen LogP contribution in [-0.2, 0) is 0 Å². The highest BCUT2D eigenvalue weighted by atomic mass is 19.4. The summed E-state index contributed by atoms with van der Waals surface area (Å²) in [6.07, 6.45) is -7.72. The minimum absolute atomic E-state index is 0.0874. The van der Waals surface area contributed by atoms with Gasteiger partial charge in [-0.3, -0.25) is 5.32 Å². The van der Waals surface area contributed by atoms with Gasteiger partial charge in [0.2, 0.25) is 0 Å². The molecule has 2 aromatic carbocycles. The SMILES string of the molecule is [CH2]c1cc(F)c(NC(=O)Oc2ccccc2)cc1OC(C)C(F)(F)F. The van der Waals surface area contributed by atoms with Gasteiger partial charge in [0.15, 0.2) is 6.10 Å². The Kier molecular flexibility index (Phi) is 5.51. The van der Waals surface area contributed by atoms with Crippen LogP contribution in [0.5, 0.6) is 11.5 Å². The average Bonchev–Trinajstić information content (AvgIpc) is 2.51. The topological polar surface area (TPSA) is 47.6 Å². The van der Waals surface area contributed by atoms with Gasteiger partial charge in [-0.05, 0) is 37.6 Å². The number of anilines is 1. The van der Waals surface area contributed by atoms with E-state index in [2.05, 4.69) is 12.2 Å². The van der Waals surface area contributed by atoms with E-state index in [1.807, 2.05) is 0 Å². The molecule has 4 nitrogen and oxygen atoms in total. The molecule has 1 unspecified atom stereocenters. The summed E-state index contributed by atoms with van der Waals surface area (Å²) < 4.78 is 61.4.